The molecule has 0 aromatic heterocycles. The average molecular weight is 326 g/mol. The van der Waals surface area contributed by atoms with E-state index in [1.165, 1.54) is 37.0 Å². The second-order valence-electron chi connectivity index (χ2n) is 6.35. The molecule has 0 radical (unpaired) electrons. The molecular weight excluding hydrogens is 298 g/mol. The highest BCUT2D eigenvalue weighted by Crippen LogP contribution is 2.33. The third-order valence-electron chi connectivity index (χ3n) is 4.51. The van der Waals surface area contributed by atoms with Crippen molar-refractivity contribution in [3.8, 4) is 0 Å². The van der Waals surface area contributed by atoms with Crippen LogP contribution in [0.15, 0.2) is 29.2 Å². The molecule has 0 heterocycles. The summed E-state index contributed by atoms with van der Waals surface area (Å²) in [5.41, 5.74) is 0. The molecule has 1 aromatic rings. The average Bonchev–Trinajstić information content (AvgIpc) is 2.49. The summed E-state index contributed by atoms with van der Waals surface area (Å²) in [6, 6.07) is 8.87. The Morgan fingerprint density at radius 2 is 2.05 bits per heavy atom. The van der Waals surface area contributed by atoms with Crippen molar-refractivity contribution in [3.05, 3.63) is 29.3 Å². The van der Waals surface area contributed by atoms with E-state index in [0.717, 1.165) is 29.2 Å². The van der Waals surface area contributed by atoms with Gasteiger partial charge in [-0.15, -0.1) is 11.8 Å². The van der Waals surface area contributed by atoms with Crippen LogP contribution in [0.5, 0.6) is 0 Å². The van der Waals surface area contributed by atoms with E-state index in [2.05, 4.69) is 31.3 Å². The lowest BCUT2D eigenvalue weighted by Gasteiger charge is -2.33. The summed E-state index contributed by atoms with van der Waals surface area (Å²) < 4.78 is 0. The van der Waals surface area contributed by atoms with Gasteiger partial charge in [0.25, 0.3) is 0 Å². The van der Waals surface area contributed by atoms with Crippen LogP contribution in [0.4, 0.5) is 0 Å². The second-order valence-corrected chi connectivity index (χ2v) is 7.88. The number of benzene rings is 1. The van der Waals surface area contributed by atoms with Crippen molar-refractivity contribution >= 4 is 23.4 Å². The molecule has 1 unspecified atom stereocenters. The molecule has 0 bridgehead atoms. The van der Waals surface area contributed by atoms with Crippen molar-refractivity contribution in [2.45, 2.75) is 56.9 Å². The number of nitrogens with one attached hydrogen (secondary N) is 1. The summed E-state index contributed by atoms with van der Waals surface area (Å²) in [5.74, 6) is 2.92. The van der Waals surface area contributed by atoms with Gasteiger partial charge in [0, 0.05) is 21.7 Å². The normalized spacial score (nSPS) is 24.0. The van der Waals surface area contributed by atoms with Gasteiger partial charge in [0.15, 0.2) is 0 Å². The van der Waals surface area contributed by atoms with Crippen LogP contribution >= 0.6 is 23.4 Å². The molecule has 1 aliphatic rings. The van der Waals surface area contributed by atoms with Crippen LogP contribution in [0.3, 0.4) is 0 Å². The Labute approximate surface area is 139 Å². The van der Waals surface area contributed by atoms with Crippen LogP contribution in [-0.2, 0) is 0 Å². The maximum atomic E-state index is 6.08. The van der Waals surface area contributed by atoms with Gasteiger partial charge in [0.05, 0.1) is 0 Å². The van der Waals surface area contributed by atoms with Gasteiger partial charge in [-0.25, -0.2) is 0 Å². The van der Waals surface area contributed by atoms with Crippen LogP contribution in [0.1, 0.15) is 46.0 Å². The number of hydrogen-bond donors (Lipinski definition) is 1. The maximum Gasteiger partial charge on any atom is 0.0417 e. The molecule has 0 spiro atoms. The van der Waals surface area contributed by atoms with Crippen molar-refractivity contribution < 1.29 is 0 Å². The minimum atomic E-state index is 0.640. The molecular formula is C18H28ClNS. The topological polar surface area (TPSA) is 12.0 Å². The Kier molecular flexibility index (Phi) is 7.42. The van der Waals surface area contributed by atoms with E-state index < -0.39 is 0 Å². The number of halogens is 1. The molecule has 0 aliphatic heterocycles. The van der Waals surface area contributed by atoms with E-state index in [1.54, 1.807) is 0 Å². The van der Waals surface area contributed by atoms with E-state index in [1.807, 2.05) is 23.9 Å². The SMILES string of the molecule is CCCNC(CSc1cccc(Cl)c1)C1CCC(C)CC1. The van der Waals surface area contributed by atoms with Crippen LogP contribution in [0.2, 0.25) is 5.02 Å². The molecule has 2 rings (SSSR count). The lowest BCUT2D eigenvalue weighted by molar-refractivity contribution is 0.242. The molecule has 1 fully saturated rings. The first-order chi connectivity index (χ1) is 10.2. The standard InChI is InChI=1S/C18H28ClNS/c1-3-11-20-18(15-9-7-14(2)8-10-15)13-21-17-6-4-5-16(19)12-17/h4-6,12,14-15,18,20H,3,7-11,13H2,1-2H3. The summed E-state index contributed by atoms with van der Waals surface area (Å²) in [6.45, 7) is 5.77. The first-order valence-electron chi connectivity index (χ1n) is 8.30. The van der Waals surface area contributed by atoms with Crippen molar-refractivity contribution in [3.63, 3.8) is 0 Å². The van der Waals surface area contributed by atoms with Crippen LogP contribution in [-0.4, -0.2) is 18.3 Å². The molecule has 1 nitrogen and oxygen atoms in total. The lowest BCUT2D eigenvalue weighted by Crippen LogP contribution is -2.40. The Morgan fingerprint density at radius 3 is 2.71 bits per heavy atom. The first-order valence-corrected chi connectivity index (χ1v) is 9.67. The zero-order valence-electron chi connectivity index (χ0n) is 13.3. The van der Waals surface area contributed by atoms with Gasteiger partial charge in [0.1, 0.15) is 0 Å². The molecule has 0 amide bonds. The van der Waals surface area contributed by atoms with Crippen molar-refractivity contribution in [1.82, 2.24) is 5.32 Å². The van der Waals surface area contributed by atoms with Crippen molar-refractivity contribution in [1.29, 1.82) is 0 Å². The Bertz CT molecular complexity index is 415. The first kappa shape index (κ1) is 17.2. The fourth-order valence-corrected chi connectivity index (χ4v) is 4.52. The van der Waals surface area contributed by atoms with Crippen LogP contribution < -0.4 is 5.32 Å². The minimum Gasteiger partial charge on any atom is -0.313 e. The predicted octanol–water partition coefficient (Wildman–Crippen LogP) is 5.63. The minimum absolute atomic E-state index is 0.640. The van der Waals surface area contributed by atoms with Gasteiger partial charge >= 0.3 is 0 Å². The molecule has 3 heteroatoms. The lowest BCUT2D eigenvalue weighted by atomic mass is 9.79. The molecule has 118 valence electrons. The molecule has 1 aliphatic carbocycles. The molecule has 1 N–H and O–H groups in total. The fraction of sp³-hybridized carbons (Fsp3) is 0.667. The zero-order valence-corrected chi connectivity index (χ0v) is 14.8. The van der Waals surface area contributed by atoms with Gasteiger partial charge in [-0.1, -0.05) is 44.4 Å². The third kappa shape index (κ3) is 5.84. The Morgan fingerprint density at radius 1 is 1.29 bits per heavy atom. The highest BCUT2D eigenvalue weighted by atomic mass is 35.5. The number of thioether (sulfide) groups is 1. The molecule has 1 aromatic carbocycles. The predicted molar refractivity (Wildman–Crippen MR) is 95.4 cm³/mol. The third-order valence-corrected chi connectivity index (χ3v) is 5.86. The van der Waals surface area contributed by atoms with Gasteiger partial charge in [0.2, 0.25) is 0 Å². The van der Waals surface area contributed by atoms with E-state index in [9.17, 15) is 0 Å². The fourth-order valence-electron chi connectivity index (χ4n) is 3.12. The molecule has 1 saturated carbocycles. The van der Waals surface area contributed by atoms with E-state index >= 15 is 0 Å². The molecule has 1 atom stereocenters. The van der Waals surface area contributed by atoms with Gasteiger partial charge < -0.3 is 5.32 Å². The van der Waals surface area contributed by atoms with E-state index in [0.29, 0.717) is 6.04 Å². The summed E-state index contributed by atoms with van der Waals surface area (Å²) in [5, 5.41) is 4.62. The summed E-state index contributed by atoms with van der Waals surface area (Å²) in [7, 11) is 0. The van der Waals surface area contributed by atoms with Crippen LogP contribution in [0.25, 0.3) is 0 Å². The maximum absolute atomic E-state index is 6.08. The second kappa shape index (κ2) is 9.07. The summed E-state index contributed by atoms with van der Waals surface area (Å²) in [6.07, 6.45) is 6.78. The Hall–Kier alpha value is -0.180. The quantitative estimate of drug-likeness (QED) is 0.652. The molecule has 0 saturated heterocycles. The van der Waals surface area contributed by atoms with Gasteiger partial charge in [-0.3, -0.25) is 0 Å². The summed E-state index contributed by atoms with van der Waals surface area (Å²) in [4.78, 5) is 1.29. The highest BCUT2D eigenvalue weighted by Gasteiger charge is 2.25. The van der Waals surface area contributed by atoms with Crippen molar-refractivity contribution in [2.24, 2.45) is 11.8 Å². The van der Waals surface area contributed by atoms with Crippen molar-refractivity contribution in [2.75, 3.05) is 12.3 Å². The van der Waals surface area contributed by atoms with Gasteiger partial charge in [-0.05, 0) is 55.8 Å². The highest BCUT2D eigenvalue weighted by molar-refractivity contribution is 7.99. The number of hydrogen-bond acceptors (Lipinski definition) is 2. The smallest absolute Gasteiger partial charge is 0.0417 e. The summed E-state index contributed by atoms with van der Waals surface area (Å²) >= 11 is 8.02. The largest absolute Gasteiger partial charge is 0.313 e. The van der Waals surface area contributed by atoms with Gasteiger partial charge in [-0.2, -0.15) is 0 Å². The molecule has 21 heavy (non-hydrogen) atoms. The monoisotopic (exact) mass is 325 g/mol. The van der Waals surface area contributed by atoms with Crippen LogP contribution in [0, 0.1) is 11.8 Å². The van der Waals surface area contributed by atoms with E-state index in [-0.39, 0.29) is 0 Å². The zero-order chi connectivity index (χ0) is 15.1. The number of rotatable bonds is 7. The Balaban J connectivity index is 1.89. The van der Waals surface area contributed by atoms with E-state index in [4.69, 9.17) is 11.6 Å².